The van der Waals surface area contributed by atoms with Crippen molar-refractivity contribution in [3.8, 4) is 0 Å². The molecule has 0 bridgehead atoms. The minimum atomic E-state index is -5.34. The van der Waals surface area contributed by atoms with E-state index in [0.717, 1.165) is 22.2 Å². The lowest BCUT2D eigenvalue weighted by Gasteiger charge is -2.16. The molecule has 1 amide bonds. The van der Waals surface area contributed by atoms with Gasteiger partial charge in [-0.1, -0.05) is 12.1 Å². The number of amides is 1. The molecule has 0 saturated heterocycles. The van der Waals surface area contributed by atoms with Crippen LogP contribution in [-0.2, 0) is 28.7 Å². The molecule has 0 aliphatic rings. The van der Waals surface area contributed by atoms with Gasteiger partial charge in [0.05, 0.1) is 30.5 Å². The van der Waals surface area contributed by atoms with E-state index in [1.165, 1.54) is 23.5 Å². The van der Waals surface area contributed by atoms with Crippen LogP contribution in [0.25, 0.3) is 10.1 Å². The van der Waals surface area contributed by atoms with Crippen molar-refractivity contribution >= 4 is 37.2 Å². The molecular weight excluding hydrogens is 530 g/mol. The van der Waals surface area contributed by atoms with E-state index in [9.17, 15) is 39.6 Å². The Morgan fingerprint density at radius 3 is 2.22 bits per heavy atom. The first-order chi connectivity index (χ1) is 16.8. The van der Waals surface area contributed by atoms with Crippen LogP contribution in [0, 0.1) is 0 Å². The summed E-state index contributed by atoms with van der Waals surface area (Å²) in [6.45, 7) is -0.000261. The molecule has 36 heavy (non-hydrogen) atoms. The molecule has 188 valence electrons. The van der Waals surface area contributed by atoms with Gasteiger partial charge in [-0.15, -0.1) is 11.3 Å². The number of sulfone groups is 1. The second-order valence-electron chi connectivity index (χ2n) is 7.56. The number of nitrogens with zero attached hydrogens (tertiary/aromatic N) is 1. The van der Waals surface area contributed by atoms with Crippen LogP contribution < -0.4 is 5.32 Å². The third-order valence-corrected chi connectivity index (χ3v) is 8.05. The van der Waals surface area contributed by atoms with Gasteiger partial charge in [-0.05, 0) is 53.4 Å². The zero-order valence-electron chi connectivity index (χ0n) is 17.8. The fourth-order valence-corrected chi connectivity index (χ4v) is 5.75. The average molecular weight is 544 g/mol. The number of fused-ring (bicyclic) bond motifs is 1. The molecule has 0 aliphatic carbocycles. The number of alkyl halides is 6. The van der Waals surface area contributed by atoms with E-state index in [-0.39, 0.29) is 24.6 Å². The maximum Gasteiger partial charge on any atom is 0.417 e. The topological polar surface area (TPSA) is 76.1 Å². The van der Waals surface area contributed by atoms with Crippen LogP contribution in [0.5, 0.6) is 0 Å². The predicted molar refractivity (Wildman–Crippen MR) is 119 cm³/mol. The highest BCUT2D eigenvalue weighted by Gasteiger charge is 2.41. The fourth-order valence-electron chi connectivity index (χ4n) is 3.34. The molecule has 2 aromatic heterocycles. The van der Waals surface area contributed by atoms with E-state index in [2.05, 4.69) is 10.3 Å². The SMILES string of the molecule is O=C(NCc1ccc(S(=O)(=O)c2ccc(C(F)(F)F)cc2C(F)(F)F)cc1)c1cc2ccncc2s1. The van der Waals surface area contributed by atoms with E-state index in [0.29, 0.717) is 16.5 Å². The third-order valence-electron chi connectivity index (χ3n) is 5.14. The lowest BCUT2D eigenvalue weighted by atomic mass is 10.1. The number of rotatable bonds is 5. The van der Waals surface area contributed by atoms with Crippen molar-refractivity contribution < 1.29 is 39.6 Å². The van der Waals surface area contributed by atoms with E-state index >= 15 is 0 Å². The molecule has 4 aromatic rings. The van der Waals surface area contributed by atoms with Crippen molar-refractivity contribution in [3.05, 3.63) is 88.6 Å². The van der Waals surface area contributed by atoms with Gasteiger partial charge in [0, 0.05) is 18.9 Å². The lowest BCUT2D eigenvalue weighted by Crippen LogP contribution is -2.21. The van der Waals surface area contributed by atoms with Crippen LogP contribution in [0.15, 0.2) is 76.8 Å². The maximum atomic E-state index is 13.4. The van der Waals surface area contributed by atoms with Gasteiger partial charge in [-0.25, -0.2) is 8.42 Å². The van der Waals surface area contributed by atoms with Crippen LogP contribution in [-0.4, -0.2) is 19.3 Å². The van der Waals surface area contributed by atoms with Gasteiger partial charge in [0.1, 0.15) is 0 Å². The highest BCUT2D eigenvalue weighted by molar-refractivity contribution is 7.91. The first-order valence-corrected chi connectivity index (χ1v) is 12.3. The Balaban J connectivity index is 1.55. The van der Waals surface area contributed by atoms with Crippen LogP contribution in [0.2, 0.25) is 0 Å². The van der Waals surface area contributed by atoms with Crippen LogP contribution in [0.1, 0.15) is 26.4 Å². The molecule has 4 rings (SSSR count). The molecule has 0 aliphatic heterocycles. The minimum Gasteiger partial charge on any atom is -0.347 e. The van der Waals surface area contributed by atoms with Gasteiger partial charge in [-0.3, -0.25) is 9.78 Å². The van der Waals surface area contributed by atoms with E-state index in [4.69, 9.17) is 0 Å². The van der Waals surface area contributed by atoms with E-state index < -0.39 is 43.1 Å². The second kappa shape index (κ2) is 9.21. The predicted octanol–water partition coefficient (Wildman–Crippen LogP) is 6.10. The van der Waals surface area contributed by atoms with Gasteiger partial charge < -0.3 is 5.32 Å². The summed E-state index contributed by atoms with van der Waals surface area (Å²) in [5, 5.41) is 3.51. The Labute approximate surface area is 204 Å². The number of benzene rings is 2. The summed E-state index contributed by atoms with van der Waals surface area (Å²) in [6, 6.07) is 8.45. The Hall–Kier alpha value is -3.45. The van der Waals surface area contributed by atoms with Crippen LogP contribution in [0.3, 0.4) is 0 Å². The van der Waals surface area contributed by atoms with Gasteiger partial charge in [0.15, 0.2) is 0 Å². The molecule has 5 nitrogen and oxygen atoms in total. The molecule has 0 spiro atoms. The summed E-state index contributed by atoms with van der Waals surface area (Å²) >= 11 is 1.23. The zero-order chi connectivity index (χ0) is 26.3. The van der Waals surface area contributed by atoms with Gasteiger partial charge in [0.25, 0.3) is 5.91 Å². The minimum absolute atomic E-state index is 0.000261. The Morgan fingerprint density at radius 2 is 1.61 bits per heavy atom. The highest BCUT2D eigenvalue weighted by Crippen LogP contribution is 2.40. The molecule has 0 radical (unpaired) electrons. The normalized spacial score (nSPS) is 12.6. The summed E-state index contributed by atoms with van der Waals surface area (Å²) in [4.78, 5) is 15.0. The summed E-state index contributed by atoms with van der Waals surface area (Å²) in [5.74, 6) is -0.382. The van der Waals surface area contributed by atoms with Crippen LogP contribution >= 0.6 is 11.3 Å². The molecule has 1 N–H and O–H groups in total. The molecule has 0 saturated carbocycles. The number of hydrogen-bond donors (Lipinski definition) is 1. The maximum absolute atomic E-state index is 13.4. The van der Waals surface area contributed by atoms with Crippen molar-refractivity contribution in [2.75, 3.05) is 0 Å². The van der Waals surface area contributed by atoms with E-state index in [1.54, 1.807) is 24.5 Å². The van der Waals surface area contributed by atoms with Gasteiger partial charge in [0.2, 0.25) is 9.84 Å². The third kappa shape index (κ3) is 5.21. The number of nitrogens with one attached hydrogen (secondary N) is 1. The fraction of sp³-hybridized carbons (Fsp3) is 0.130. The van der Waals surface area contributed by atoms with Gasteiger partial charge in [-0.2, -0.15) is 26.3 Å². The summed E-state index contributed by atoms with van der Waals surface area (Å²) in [5.41, 5.74) is -3.07. The molecule has 0 atom stereocenters. The number of aromatic nitrogens is 1. The van der Waals surface area contributed by atoms with E-state index in [1.807, 2.05) is 0 Å². The first-order valence-electron chi connectivity index (χ1n) is 10.0. The number of carbonyl (C=O) groups excluding carboxylic acids is 1. The number of carbonyl (C=O) groups is 1. The Kier molecular flexibility index (Phi) is 6.56. The van der Waals surface area contributed by atoms with Crippen LogP contribution in [0.4, 0.5) is 26.3 Å². The smallest absolute Gasteiger partial charge is 0.347 e. The molecule has 2 heterocycles. The Morgan fingerprint density at radius 1 is 0.917 bits per heavy atom. The standard InChI is InChI=1S/C23H14F6N2O3S2/c24-22(25,26)15-3-6-20(17(10-15)23(27,28)29)36(33,34)16-4-1-13(2-5-16)11-31-21(32)18-9-14-7-8-30-12-19(14)35-18/h1-10,12H,11H2,(H,31,32). The molecule has 0 fully saturated rings. The van der Waals surface area contributed by atoms with Crippen molar-refractivity contribution in [1.29, 1.82) is 0 Å². The zero-order valence-corrected chi connectivity index (χ0v) is 19.4. The quantitative estimate of drug-likeness (QED) is 0.308. The summed E-state index contributed by atoms with van der Waals surface area (Å²) in [7, 11) is -4.80. The molecular formula is C23H14F6N2O3S2. The lowest BCUT2D eigenvalue weighted by molar-refractivity contribution is -0.144. The van der Waals surface area contributed by atoms with Gasteiger partial charge >= 0.3 is 12.4 Å². The highest BCUT2D eigenvalue weighted by atomic mass is 32.2. The molecule has 2 aromatic carbocycles. The largest absolute Gasteiger partial charge is 0.417 e. The first kappa shape index (κ1) is 25.6. The number of halogens is 6. The number of thiophene rings is 1. The molecule has 13 heteroatoms. The summed E-state index contributed by atoms with van der Waals surface area (Å²) < 4.78 is 106. The molecule has 0 unspecified atom stereocenters. The Bertz CT molecular complexity index is 1510. The number of pyridine rings is 1. The monoisotopic (exact) mass is 544 g/mol. The average Bonchev–Trinajstić information content (AvgIpc) is 3.26. The summed E-state index contributed by atoms with van der Waals surface area (Å²) in [6.07, 6.45) is -7.21. The van der Waals surface area contributed by atoms with Crippen molar-refractivity contribution in [3.63, 3.8) is 0 Å². The number of hydrogen-bond acceptors (Lipinski definition) is 5. The van der Waals surface area contributed by atoms with Crippen molar-refractivity contribution in [2.45, 2.75) is 28.7 Å². The van der Waals surface area contributed by atoms with Crippen molar-refractivity contribution in [1.82, 2.24) is 10.3 Å². The van der Waals surface area contributed by atoms with Crippen molar-refractivity contribution in [2.24, 2.45) is 0 Å². The second-order valence-corrected chi connectivity index (χ2v) is 10.6.